The van der Waals surface area contributed by atoms with Crippen LogP contribution in [-0.4, -0.2) is 19.7 Å². The largest absolute Gasteiger partial charge is 0.348 e. The van der Waals surface area contributed by atoms with E-state index in [0.717, 1.165) is 14.7 Å². The third-order valence-electron chi connectivity index (χ3n) is 1.63. The molecule has 0 aliphatic rings. The average molecular weight is 274 g/mol. The summed E-state index contributed by atoms with van der Waals surface area (Å²) < 4.78 is 2.86. The van der Waals surface area contributed by atoms with E-state index in [1.165, 1.54) is 0 Å². The molecular weight excluding hydrogens is 266 g/mol. The standard InChI is InChI=1S/C7H8BrN5S/c1-13-4-11-12-7(13)10-3-6-9-2-5(8)14-6/h2,4H,3H2,1H3,(H,10,12). The van der Waals surface area contributed by atoms with Crippen LogP contribution < -0.4 is 5.32 Å². The molecule has 5 nitrogen and oxygen atoms in total. The lowest BCUT2D eigenvalue weighted by Crippen LogP contribution is -2.04. The Kier molecular flexibility index (Phi) is 2.78. The Hall–Kier alpha value is -0.950. The molecule has 0 saturated heterocycles. The Morgan fingerprint density at radius 1 is 1.64 bits per heavy atom. The van der Waals surface area contributed by atoms with Gasteiger partial charge in [-0.2, -0.15) is 0 Å². The molecule has 0 aliphatic heterocycles. The van der Waals surface area contributed by atoms with Crippen molar-refractivity contribution in [2.75, 3.05) is 5.32 Å². The second-order valence-electron chi connectivity index (χ2n) is 2.68. The van der Waals surface area contributed by atoms with Crippen LogP contribution in [0, 0.1) is 0 Å². The van der Waals surface area contributed by atoms with Gasteiger partial charge in [0.15, 0.2) is 0 Å². The zero-order valence-corrected chi connectivity index (χ0v) is 9.84. The van der Waals surface area contributed by atoms with Crippen molar-refractivity contribution in [3.05, 3.63) is 21.3 Å². The second kappa shape index (κ2) is 4.05. The van der Waals surface area contributed by atoms with E-state index in [2.05, 4.69) is 36.4 Å². The Balaban J connectivity index is 1.98. The minimum atomic E-state index is 0.669. The highest BCUT2D eigenvalue weighted by Gasteiger charge is 2.02. The molecule has 0 aromatic carbocycles. The van der Waals surface area contributed by atoms with E-state index in [1.807, 2.05) is 11.6 Å². The Labute approximate surface area is 93.3 Å². The third kappa shape index (κ3) is 2.10. The summed E-state index contributed by atoms with van der Waals surface area (Å²) in [5, 5.41) is 11.8. The first-order valence-corrected chi connectivity index (χ1v) is 5.55. The molecule has 0 aliphatic carbocycles. The van der Waals surface area contributed by atoms with E-state index in [-0.39, 0.29) is 0 Å². The van der Waals surface area contributed by atoms with Crippen LogP contribution in [0.15, 0.2) is 16.3 Å². The van der Waals surface area contributed by atoms with Crippen molar-refractivity contribution in [1.29, 1.82) is 0 Å². The monoisotopic (exact) mass is 273 g/mol. The topological polar surface area (TPSA) is 55.6 Å². The van der Waals surface area contributed by atoms with E-state index >= 15 is 0 Å². The predicted molar refractivity (Wildman–Crippen MR) is 58.1 cm³/mol. The number of aromatic nitrogens is 4. The molecule has 2 heterocycles. The maximum absolute atomic E-state index is 4.20. The first-order valence-electron chi connectivity index (χ1n) is 3.94. The van der Waals surface area contributed by atoms with Gasteiger partial charge in [-0.1, -0.05) is 0 Å². The maximum Gasteiger partial charge on any atom is 0.224 e. The van der Waals surface area contributed by atoms with Gasteiger partial charge in [-0.15, -0.1) is 21.5 Å². The summed E-state index contributed by atoms with van der Waals surface area (Å²) in [5.74, 6) is 0.747. The highest BCUT2D eigenvalue weighted by Crippen LogP contribution is 2.19. The van der Waals surface area contributed by atoms with Crippen LogP contribution in [-0.2, 0) is 13.6 Å². The summed E-state index contributed by atoms with van der Waals surface area (Å²) in [6, 6.07) is 0. The van der Waals surface area contributed by atoms with E-state index in [1.54, 1.807) is 23.9 Å². The van der Waals surface area contributed by atoms with Crippen LogP contribution in [0.25, 0.3) is 0 Å². The van der Waals surface area contributed by atoms with Crippen LogP contribution in [0.1, 0.15) is 5.01 Å². The van der Waals surface area contributed by atoms with Gasteiger partial charge in [-0.25, -0.2) is 4.98 Å². The van der Waals surface area contributed by atoms with Crippen LogP contribution in [0.3, 0.4) is 0 Å². The van der Waals surface area contributed by atoms with Gasteiger partial charge in [-0.05, 0) is 15.9 Å². The molecule has 0 radical (unpaired) electrons. The molecule has 0 amide bonds. The van der Waals surface area contributed by atoms with Gasteiger partial charge in [0.1, 0.15) is 11.3 Å². The van der Waals surface area contributed by atoms with E-state index in [0.29, 0.717) is 6.54 Å². The molecule has 0 fully saturated rings. The highest BCUT2D eigenvalue weighted by atomic mass is 79.9. The van der Waals surface area contributed by atoms with Crippen molar-refractivity contribution in [3.8, 4) is 0 Å². The number of anilines is 1. The van der Waals surface area contributed by atoms with E-state index < -0.39 is 0 Å². The zero-order valence-electron chi connectivity index (χ0n) is 7.44. The number of aryl methyl sites for hydroxylation is 1. The number of halogens is 1. The first-order chi connectivity index (χ1) is 6.75. The van der Waals surface area contributed by atoms with Gasteiger partial charge in [0, 0.05) is 7.05 Å². The zero-order chi connectivity index (χ0) is 9.97. The van der Waals surface area contributed by atoms with Gasteiger partial charge in [0.25, 0.3) is 0 Å². The summed E-state index contributed by atoms with van der Waals surface area (Å²) in [7, 11) is 1.89. The minimum Gasteiger partial charge on any atom is -0.348 e. The molecular formula is C7H8BrN5S. The summed E-state index contributed by atoms with van der Waals surface area (Å²) in [6.45, 7) is 0.669. The number of nitrogens with zero attached hydrogens (tertiary/aromatic N) is 4. The molecule has 0 saturated carbocycles. The molecule has 14 heavy (non-hydrogen) atoms. The lowest BCUT2D eigenvalue weighted by atomic mass is 10.6. The van der Waals surface area contributed by atoms with Crippen molar-refractivity contribution in [3.63, 3.8) is 0 Å². The fraction of sp³-hybridized carbons (Fsp3) is 0.286. The highest BCUT2D eigenvalue weighted by molar-refractivity contribution is 9.11. The summed E-state index contributed by atoms with van der Waals surface area (Å²) in [5.41, 5.74) is 0. The van der Waals surface area contributed by atoms with Crippen LogP contribution in [0.4, 0.5) is 5.95 Å². The van der Waals surface area contributed by atoms with Crippen molar-refractivity contribution >= 4 is 33.2 Å². The van der Waals surface area contributed by atoms with Crippen LogP contribution in [0.5, 0.6) is 0 Å². The Morgan fingerprint density at radius 2 is 2.50 bits per heavy atom. The van der Waals surface area contributed by atoms with Crippen LogP contribution in [0.2, 0.25) is 0 Å². The third-order valence-corrected chi connectivity index (χ3v) is 3.11. The molecule has 74 valence electrons. The van der Waals surface area contributed by atoms with Gasteiger partial charge in [-0.3, -0.25) is 0 Å². The molecule has 0 bridgehead atoms. The summed E-state index contributed by atoms with van der Waals surface area (Å²) in [6.07, 6.45) is 3.44. The number of hydrogen-bond acceptors (Lipinski definition) is 5. The molecule has 0 unspecified atom stereocenters. The van der Waals surface area contributed by atoms with Crippen LogP contribution >= 0.6 is 27.3 Å². The number of rotatable bonds is 3. The number of nitrogens with one attached hydrogen (secondary N) is 1. The van der Waals surface area contributed by atoms with Gasteiger partial charge >= 0.3 is 0 Å². The van der Waals surface area contributed by atoms with Crippen molar-refractivity contribution in [1.82, 2.24) is 19.7 Å². The SMILES string of the molecule is Cn1cnnc1NCc1ncc(Br)s1. The molecule has 0 spiro atoms. The number of hydrogen-bond donors (Lipinski definition) is 1. The number of thiazole rings is 1. The quantitative estimate of drug-likeness (QED) is 0.924. The average Bonchev–Trinajstić information content (AvgIpc) is 2.72. The lowest BCUT2D eigenvalue weighted by molar-refractivity contribution is 0.896. The molecule has 2 aromatic rings. The van der Waals surface area contributed by atoms with Crippen molar-refractivity contribution < 1.29 is 0 Å². The Bertz CT molecular complexity index is 423. The normalized spacial score (nSPS) is 10.4. The van der Waals surface area contributed by atoms with Gasteiger partial charge in [0.2, 0.25) is 5.95 Å². The summed E-state index contributed by atoms with van der Waals surface area (Å²) >= 11 is 4.96. The van der Waals surface area contributed by atoms with E-state index in [4.69, 9.17) is 0 Å². The molecule has 1 N–H and O–H groups in total. The smallest absolute Gasteiger partial charge is 0.224 e. The van der Waals surface area contributed by atoms with Gasteiger partial charge < -0.3 is 9.88 Å². The molecule has 0 atom stereocenters. The fourth-order valence-corrected chi connectivity index (χ4v) is 2.21. The molecule has 2 aromatic heterocycles. The van der Waals surface area contributed by atoms with Crippen molar-refractivity contribution in [2.24, 2.45) is 7.05 Å². The first kappa shape index (κ1) is 9.60. The fourth-order valence-electron chi connectivity index (χ4n) is 0.968. The molecule has 2 rings (SSSR count). The van der Waals surface area contributed by atoms with Gasteiger partial charge in [0.05, 0.1) is 16.5 Å². The van der Waals surface area contributed by atoms with E-state index in [9.17, 15) is 0 Å². The summed E-state index contributed by atoms with van der Waals surface area (Å²) in [4.78, 5) is 4.20. The lowest BCUT2D eigenvalue weighted by Gasteiger charge is -2.01. The second-order valence-corrected chi connectivity index (χ2v) is 5.17. The van der Waals surface area contributed by atoms with Crippen molar-refractivity contribution in [2.45, 2.75) is 6.54 Å². The maximum atomic E-state index is 4.20. The molecule has 7 heteroatoms. The minimum absolute atomic E-state index is 0.669. The predicted octanol–water partition coefficient (Wildman–Crippen LogP) is 1.65. The Morgan fingerprint density at radius 3 is 3.07 bits per heavy atom.